The first-order valence-corrected chi connectivity index (χ1v) is 10.9. The van der Waals surface area contributed by atoms with E-state index in [4.69, 9.17) is 14.6 Å². The Morgan fingerprint density at radius 2 is 1.60 bits per heavy atom. The van der Waals surface area contributed by atoms with E-state index in [1.54, 1.807) is 0 Å². The van der Waals surface area contributed by atoms with Crippen LogP contribution in [0, 0.1) is 0 Å². The Morgan fingerprint density at radius 3 is 2.20 bits per heavy atom. The lowest BCUT2D eigenvalue weighted by Crippen LogP contribution is -2.36. The molecule has 0 saturated heterocycles. The number of hydrogen-bond donors (Lipinski definition) is 4. The van der Waals surface area contributed by atoms with Crippen molar-refractivity contribution in [3.63, 3.8) is 0 Å². The maximum Gasteiger partial charge on any atom is 0.411 e. The van der Waals surface area contributed by atoms with Crippen molar-refractivity contribution >= 4 is 23.7 Å². The smallest absolute Gasteiger partial charge is 0.411 e. The molecule has 35 heavy (non-hydrogen) atoms. The molecule has 9 nitrogen and oxygen atoms in total. The zero-order valence-corrected chi connectivity index (χ0v) is 18.9. The zero-order chi connectivity index (χ0) is 24.9. The van der Waals surface area contributed by atoms with Crippen LogP contribution in [0.1, 0.15) is 27.4 Å². The van der Waals surface area contributed by atoms with Crippen molar-refractivity contribution in [3.05, 3.63) is 83.4 Å². The van der Waals surface area contributed by atoms with Gasteiger partial charge in [-0.25, -0.2) is 9.59 Å². The Morgan fingerprint density at radius 1 is 0.971 bits per heavy atom. The molecule has 2 amide bonds. The Hall–Kier alpha value is -4.37. The summed E-state index contributed by atoms with van der Waals surface area (Å²) in [4.78, 5) is 35.5. The summed E-state index contributed by atoms with van der Waals surface area (Å²) >= 11 is 0. The number of amides is 2. The van der Waals surface area contributed by atoms with Crippen LogP contribution in [0.2, 0.25) is 0 Å². The van der Waals surface area contributed by atoms with E-state index in [-0.39, 0.29) is 23.8 Å². The van der Waals surface area contributed by atoms with E-state index < -0.39 is 30.6 Å². The summed E-state index contributed by atoms with van der Waals surface area (Å²) < 4.78 is 10.8. The van der Waals surface area contributed by atoms with Crippen molar-refractivity contribution in [2.24, 2.45) is 0 Å². The molecule has 1 aliphatic carbocycles. The number of nitrogens with one attached hydrogen (secondary N) is 2. The number of carboxylic acid groups (broad SMARTS) is 1. The predicted octanol–water partition coefficient (Wildman–Crippen LogP) is 3.23. The van der Waals surface area contributed by atoms with Gasteiger partial charge in [0.05, 0.1) is 19.2 Å². The second-order valence-corrected chi connectivity index (χ2v) is 7.93. The van der Waals surface area contributed by atoms with Gasteiger partial charge in [0.25, 0.3) is 5.91 Å². The Kier molecular flexibility index (Phi) is 6.98. The van der Waals surface area contributed by atoms with E-state index in [9.17, 15) is 19.5 Å². The molecular weight excluding hydrogens is 452 g/mol. The van der Waals surface area contributed by atoms with Crippen LogP contribution in [0.15, 0.2) is 66.7 Å². The van der Waals surface area contributed by atoms with Gasteiger partial charge in [0.1, 0.15) is 12.4 Å². The number of aliphatic carboxylic acids is 1. The number of hydrogen-bond acceptors (Lipinski definition) is 6. The van der Waals surface area contributed by atoms with Crippen molar-refractivity contribution in [2.45, 2.75) is 12.0 Å². The third-order valence-corrected chi connectivity index (χ3v) is 5.78. The van der Waals surface area contributed by atoms with E-state index in [0.29, 0.717) is 5.69 Å². The molecule has 0 bridgehead atoms. The number of anilines is 1. The molecule has 1 unspecified atom stereocenters. The fraction of sp³-hybridized carbons (Fsp3) is 0.192. The molecule has 1 aliphatic rings. The van der Waals surface area contributed by atoms with Crippen LogP contribution in [-0.2, 0) is 9.53 Å². The maximum atomic E-state index is 12.5. The van der Waals surface area contributed by atoms with E-state index in [1.165, 1.54) is 25.3 Å². The standard InChI is InChI=1S/C26H24N2O7/c1-34-23-12-15(10-11-20(23)24(30)27-13-22(29)25(31)32)28-26(33)35-14-21-18-8-4-2-6-16(18)17-7-3-5-9-19(17)21/h2-12,21-22,29H,13-14H2,1H3,(H,27,30)(H,28,33)(H,31,32). The molecule has 1 atom stereocenters. The molecule has 0 aliphatic heterocycles. The third kappa shape index (κ3) is 5.10. The number of rotatable bonds is 8. The first-order chi connectivity index (χ1) is 16.9. The SMILES string of the molecule is COc1cc(NC(=O)OCC2c3ccccc3-c3ccccc32)ccc1C(=O)NCC(O)C(=O)O. The Labute approximate surface area is 201 Å². The molecule has 4 rings (SSSR count). The number of carbonyl (C=O) groups is 3. The van der Waals surface area contributed by atoms with Crippen LogP contribution >= 0.6 is 0 Å². The minimum Gasteiger partial charge on any atom is -0.496 e. The van der Waals surface area contributed by atoms with Crippen molar-refractivity contribution in [2.75, 3.05) is 25.6 Å². The van der Waals surface area contributed by atoms with E-state index >= 15 is 0 Å². The molecule has 0 aromatic heterocycles. The molecule has 9 heteroatoms. The lowest BCUT2D eigenvalue weighted by molar-refractivity contribution is -0.146. The average Bonchev–Trinajstić information content (AvgIpc) is 3.19. The van der Waals surface area contributed by atoms with Gasteiger partial charge in [-0.15, -0.1) is 0 Å². The fourth-order valence-electron chi connectivity index (χ4n) is 4.08. The van der Waals surface area contributed by atoms with Crippen molar-refractivity contribution < 1.29 is 34.1 Å². The molecule has 180 valence electrons. The normalized spacial score (nSPS) is 12.7. The molecule has 0 fully saturated rings. The van der Waals surface area contributed by atoms with Crippen molar-refractivity contribution in [1.29, 1.82) is 0 Å². The van der Waals surface area contributed by atoms with Gasteiger partial charge in [-0.05, 0) is 34.4 Å². The minimum atomic E-state index is -1.72. The molecular formula is C26H24N2O7. The minimum absolute atomic E-state index is 0.0742. The summed E-state index contributed by atoms with van der Waals surface area (Å²) in [5.41, 5.74) is 4.93. The number of aliphatic hydroxyl groups excluding tert-OH is 1. The van der Waals surface area contributed by atoms with Gasteiger partial charge < -0.3 is 25.0 Å². The summed E-state index contributed by atoms with van der Waals surface area (Å²) in [7, 11) is 1.36. The van der Waals surface area contributed by atoms with Crippen molar-refractivity contribution in [3.8, 4) is 16.9 Å². The topological polar surface area (TPSA) is 134 Å². The maximum absolute atomic E-state index is 12.5. The van der Waals surface area contributed by atoms with Crippen LogP contribution in [0.25, 0.3) is 11.1 Å². The number of fused-ring (bicyclic) bond motifs is 3. The van der Waals surface area contributed by atoms with Crippen LogP contribution in [0.4, 0.5) is 10.5 Å². The summed E-state index contributed by atoms with van der Waals surface area (Å²) in [5.74, 6) is -1.99. The fourth-order valence-corrected chi connectivity index (χ4v) is 4.08. The van der Waals surface area contributed by atoms with E-state index in [1.807, 2.05) is 36.4 Å². The Bertz CT molecular complexity index is 1230. The monoisotopic (exact) mass is 476 g/mol. The van der Waals surface area contributed by atoms with Gasteiger partial charge in [-0.2, -0.15) is 0 Å². The zero-order valence-electron chi connectivity index (χ0n) is 18.9. The molecule has 0 saturated carbocycles. The van der Waals surface area contributed by atoms with Gasteiger partial charge in [0.15, 0.2) is 6.10 Å². The lowest BCUT2D eigenvalue weighted by Gasteiger charge is -2.15. The number of benzene rings is 3. The summed E-state index contributed by atoms with van der Waals surface area (Å²) in [5, 5.41) is 23.0. The molecule has 0 radical (unpaired) electrons. The van der Waals surface area contributed by atoms with Crippen LogP contribution in [-0.4, -0.2) is 54.5 Å². The lowest BCUT2D eigenvalue weighted by atomic mass is 9.98. The summed E-state index contributed by atoms with van der Waals surface area (Å²) in [6, 6.07) is 20.4. The highest BCUT2D eigenvalue weighted by Crippen LogP contribution is 2.44. The first-order valence-electron chi connectivity index (χ1n) is 10.9. The summed E-state index contributed by atoms with van der Waals surface area (Å²) in [6.07, 6.45) is -2.38. The van der Waals surface area contributed by atoms with Gasteiger partial charge >= 0.3 is 12.1 Å². The number of aliphatic hydroxyl groups is 1. The van der Waals surface area contributed by atoms with E-state index in [0.717, 1.165) is 22.3 Å². The molecule has 4 N–H and O–H groups in total. The average molecular weight is 476 g/mol. The number of ether oxygens (including phenoxy) is 2. The van der Waals surface area contributed by atoms with Crippen LogP contribution in [0.5, 0.6) is 5.75 Å². The number of carbonyl (C=O) groups excluding carboxylic acids is 2. The first kappa shape index (κ1) is 23.8. The van der Waals surface area contributed by atoms with Gasteiger partial charge in [-0.1, -0.05) is 48.5 Å². The van der Waals surface area contributed by atoms with Crippen molar-refractivity contribution in [1.82, 2.24) is 5.32 Å². The molecule has 0 spiro atoms. The second kappa shape index (κ2) is 10.3. The molecule has 3 aromatic rings. The van der Waals surface area contributed by atoms with E-state index in [2.05, 4.69) is 22.8 Å². The third-order valence-electron chi connectivity index (χ3n) is 5.78. The highest BCUT2D eigenvalue weighted by Gasteiger charge is 2.29. The highest BCUT2D eigenvalue weighted by atomic mass is 16.5. The quantitative estimate of drug-likeness (QED) is 0.392. The van der Waals surface area contributed by atoms with Crippen LogP contribution < -0.4 is 15.4 Å². The van der Waals surface area contributed by atoms with Crippen LogP contribution in [0.3, 0.4) is 0 Å². The molecule has 3 aromatic carbocycles. The largest absolute Gasteiger partial charge is 0.496 e. The van der Waals surface area contributed by atoms with Gasteiger partial charge in [0.2, 0.25) is 0 Å². The molecule has 0 heterocycles. The number of methoxy groups -OCH3 is 1. The summed E-state index contributed by atoms with van der Waals surface area (Å²) in [6.45, 7) is -0.305. The highest BCUT2D eigenvalue weighted by molar-refractivity contribution is 5.98. The van der Waals surface area contributed by atoms with Gasteiger partial charge in [-0.3, -0.25) is 10.1 Å². The predicted molar refractivity (Wildman–Crippen MR) is 128 cm³/mol. The number of carboxylic acids is 1. The van der Waals surface area contributed by atoms with Gasteiger partial charge in [0, 0.05) is 17.7 Å². The second-order valence-electron chi connectivity index (χ2n) is 7.93. The Balaban J connectivity index is 1.40.